The summed E-state index contributed by atoms with van der Waals surface area (Å²) in [7, 11) is 3.88. The molecule has 9 heteroatoms. The van der Waals surface area contributed by atoms with Crippen LogP contribution in [0.5, 0.6) is 0 Å². The van der Waals surface area contributed by atoms with E-state index in [1.165, 1.54) is 6.20 Å². The van der Waals surface area contributed by atoms with E-state index in [1.807, 2.05) is 39.8 Å². The molecule has 3 rings (SSSR count). The molecule has 32 heavy (non-hydrogen) atoms. The monoisotopic (exact) mass is 439 g/mol. The normalized spacial score (nSPS) is 18.5. The quantitative estimate of drug-likeness (QED) is 0.762. The molecule has 0 unspecified atom stereocenters. The van der Waals surface area contributed by atoms with Crippen LogP contribution < -0.4 is 5.32 Å². The molecule has 0 radical (unpaired) electrons. The topological polar surface area (TPSA) is 112 Å². The van der Waals surface area contributed by atoms with Crippen molar-refractivity contribution in [1.82, 2.24) is 20.1 Å². The molecule has 1 aliphatic heterocycles. The Bertz CT molecular complexity index is 1020. The molecular formula is C23H29N5O4. The van der Waals surface area contributed by atoms with E-state index in [9.17, 15) is 9.59 Å². The number of carbonyl (C=O) groups is 2. The van der Waals surface area contributed by atoms with Crippen LogP contribution in [0.15, 0.2) is 34.9 Å². The summed E-state index contributed by atoms with van der Waals surface area (Å²) in [5.74, 6) is -0.117. The molecule has 2 heterocycles. The number of benzene rings is 1. The zero-order chi connectivity index (χ0) is 23.5. The molecule has 170 valence electrons. The molecule has 1 N–H and O–H groups in total. The number of hydrogen-bond donors (Lipinski definition) is 1. The first-order valence-corrected chi connectivity index (χ1v) is 10.5. The molecule has 1 aromatic heterocycles. The number of nitrogens with zero attached hydrogens (tertiary/aromatic N) is 4. The molecule has 1 aliphatic rings. The standard InChI is InChI=1S/C23H29N5O4/c1-23(2,3)32-22(30)28-13-17(10-18(28)14-27(4)5)26-20(29)21-25-12-19(31-21)16-8-6-7-15(9-16)11-24/h6-9,12,17-18H,10,13-14H2,1-5H3,(H,26,29)/t17-,18+/m1/s1. The molecule has 0 aliphatic carbocycles. The predicted octanol–water partition coefficient (Wildman–Crippen LogP) is 2.88. The zero-order valence-corrected chi connectivity index (χ0v) is 19.1. The Balaban J connectivity index is 1.68. The first-order valence-electron chi connectivity index (χ1n) is 10.5. The second kappa shape index (κ2) is 9.40. The van der Waals surface area contributed by atoms with Crippen molar-refractivity contribution in [3.8, 4) is 17.4 Å². The zero-order valence-electron chi connectivity index (χ0n) is 19.1. The summed E-state index contributed by atoms with van der Waals surface area (Å²) in [6.07, 6.45) is 1.67. The minimum absolute atomic E-state index is 0.0674. The molecule has 9 nitrogen and oxygen atoms in total. The smallest absolute Gasteiger partial charge is 0.410 e. The Labute approximate surface area is 188 Å². The van der Waals surface area contributed by atoms with Crippen molar-refractivity contribution in [2.75, 3.05) is 27.2 Å². The van der Waals surface area contributed by atoms with E-state index in [2.05, 4.69) is 16.4 Å². The maximum atomic E-state index is 12.7. The lowest BCUT2D eigenvalue weighted by molar-refractivity contribution is 0.0205. The van der Waals surface area contributed by atoms with E-state index in [0.29, 0.717) is 36.4 Å². The lowest BCUT2D eigenvalue weighted by Crippen LogP contribution is -2.44. The predicted molar refractivity (Wildman–Crippen MR) is 118 cm³/mol. The van der Waals surface area contributed by atoms with Crippen LogP contribution in [0.25, 0.3) is 11.3 Å². The Kier molecular flexibility index (Phi) is 6.84. The van der Waals surface area contributed by atoms with Gasteiger partial charge >= 0.3 is 12.0 Å². The summed E-state index contributed by atoms with van der Waals surface area (Å²) >= 11 is 0. The van der Waals surface area contributed by atoms with E-state index in [0.717, 1.165) is 0 Å². The van der Waals surface area contributed by atoms with E-state index in [-0.39, 0.29) is 18.0 Å². The Hall–Kier alpha value is -3.38. The van der Waals surface area contributed by atoms with Gasteiger partial charge in [0, 0.05) is 30.7 Å². The van der Waals surface area contributed by atoms with Gasteiger partial charge in [-0.3, -0.25) is 4.79 Å². The van der Waals surface area contributed by atoms with Crippen molar-refractivity contribution >= 4 is 12.0 Å². The third-order valence-electron chi connectivity index (χ3n) is 4.93. The average Bonchev–Trinajstić information content (AvgIpc) is 3.34. The van der Waals surface area contributed by atoms with Gasteiger partial charge in [-0.2, -0.15) is 5.26 Å². The molecule has 2 amide bonds. The van der Waals surface area contributed by atoms with Crippen LogP contribution in [-0.4, -0.2) is 71.7 Å². The summed E-state index contributed by atoms with van der Waals surface area (Å²) in [6, 6.07) is 8.62. The van der Waals surface area contributed by atoms with Gasteiger partial charge in [0.1, 0.15) is 5.60 Å². The highest BCUT2D eigenvalue weighted by molar-refractivity contribution is 5.90. The van der Waals surface area contributed by atoms with Gasteiger partial charge in [0.05, 0.1) is 17.8 Å². The van der Waals surface area contributed by atoms with Crippen LogP contribution in [0.4, 0.5) is 4.79 Å². The summed E-state index contributed by atoms with van der Waals surface area (Å²) in [6.45, 7) is 6.48. The highest BCUT2D eigenvalue weighted by Gasteiger charge is 2.38. The largest absolute Gasteiger partial charge is 0.444 e. The number of ether oxygens (including phenoxy) is 1. The van der Waals surface area contributed by atoms with Crippen LogP contribution >= 0.6 is 0 Å². The highest BCUT2D eigenvalue weighted by Crippen LogP contribution is 2.24. The first-order chi connectivity index (χ1) is 15.1. The lowest BCUT2D eigenvalue weighted by Gasteiger charge is -2.29. The summed E-state index contributed by atoms with van der Waals surface area (Å²) < 4.78 is 11.2. The van der Waals surface area contributed by atoms with Gasteiger partial charge in [-0.25, -0.2) is 9.78 Å². The number of aromatic nitrogens is 1. The number of nitriles is 1. The minimum atomic E-state index is -0.599. The van der Waals surface area contributed by atoms with Crippen molar-refractivity contribution < 1.29 is 18.7 Å². The van der Waals surface area contributed by atoms with Gasteiger partial charge in [0.25, 0.3) is 5.89 Å². The number of rotatable bonds is 5. The van der Waals surface area contributed by atoms with E-state index in [1.54, 1.807) is 29.2 Å². The first kappa shape index (κ1) is 23.3. The number of likely N-dealkylation sites (N-methyl/N-ethyl adjacent to an activating group) is 1. The van der Waals surface area contributed by atoms with Crippen LogP contribution in [0.3, 0.4) is 0 Å². The molecule has 2 atom stereocenters. The van der Waals surface area contributed by atoms with Crippen LogP contribution in [0.1, 0.15) is 43.4 Å². The van der Waals surface area contributed by atoms with Crippen molar-refractivity contribution in [2.24, 2.45) is 0 Å². The van der Waals surface area contributed by atoms with E-state index < -0.39 is 17.6 Å². The van der Waals surface area contributed by atoms with Crippen molar-refractivity contribution in [3.63, 3.8) is 0 Å². The fourth-order valence-corrected chi connectivity index (χ4v) is 3.66. The third-order valence-corrected chi connectivity index (χ3v) is 4.93. The van der Waals surface area contributed by atoms with Gasteiger partial charge in [0.2, 0.25) is 0 Å². The number of oxazole rings is 1. The van der Waals surface area contributed by atoms with Gasteiger partial charge in [-0.05, 0) is 53.4 Å². The van der Waals surface area contributed by atoms with Gasteiger partial charge in [0.15, 0.2) is 5.76 Å². The maximum absolute atomic E-state index is 12.7. The van der Waals surface area contributed by atoms with E-state index in [4.69, 9.17) is 14.4 Å². The molecule has 0 saturated carbocycles. The Morgan fingerprint density at radius 1 is 1.38 bits per heavy atom. The fraction of sp³-hybridized carbons (Fsp3) is 0.478. The number of likely N-dealkylation sites (tertiary alicyclic amines) is 1. The molecule has 1 saturated heterocycles. The van der Waals surface area contributed by atoms with Gasteiger partial charge in [-0.15, -0.1) is 0 Å². The second-order valence-corrected chi connectivity index (χ2v) is 9.18. The second-order valence-electron chi connectivity index (χ2n) is 9.18. The Morgan fingerprint density at radius 2 is 2.12 bits per heavy atom. The van der Waals surface area contributed by atoms with Crippen LogP contribution in [-0.2, 0) is 4.74 Å². The van der Waals surface area contributed by atoms with Gasteiger partial charge in [-0.1, -0.05) is 12.1 Å². The molecule has 1 fully saturated rings. The molecule has 0 bridgehead atoms. The molecule has 2 aromatic rings. The minimum Gasteiger partial charge on any atom is -0.444 e. The number of amides is 2. The van der Waals surface area contributed by atoms with Crippen LogP contribution in [0, 0.1) is 11.3 Å². The summed E-state index contributed by atoms with van der Waals surface area (Å²) in [5.41, 5.74) is 0.557. The van der Waals surface area contributed by atoms with Crippen LogP contribution in [0.2, 0.25) is 0 Å². The van der Waals surface area contributed by atoms with Crippen molar-refractivity contribution in [1.29, 1.82) is 5.26 Å². The van der Waals surface area contributed by atoms with Crippen molar-refractivity contribution in [2.45, 2.75) is 44.9 Å². The van der Waals surface area contributed by atoms with Gasteiger partial charge < -0.3 is 24.3 Å². The molecular weight excluding hydrogens is 410 g/mol. The third kappa shape index (κ3) is 5.86. The summed E-state index contributed by atoms with van der Waals surface area (Å²) in [5, 5.41) is 12.0. The van der Waals surface area contributed by atoms with Crippen molar-refractivity contribution in [3.05, 3.63) is 41.9 Å². The number of hydrogen-bond acceptors (Lipinski definition) is 7. The Morgan fingerprint density at radius 3 is 2.78 bits per heavy atom. The average molecular weight is 440 g/mol. The highest BCUT2D eigenvalue weighted by atomic mass is 16.6. The SMILES string of the molecule is CN(C)C[C@@H]1C[C@@H](NC(=O)c2ncc(-c3cccc(C#N)c3)o2)CN1C(=O)OC(C)(C)C. The lowest BCUT2D eigenvalue weighted by atomic mass is 10.1. The molecule has 0 spiro atoms. The summed E-state index contributed by atoms with van der Waals surface area (Å²) in [4.78, 5) is 33.2. The fourth-order valence-electron chi connectivity index (χ4n) is 3.66. The number of nitrogens with one attached hydrogen (secondary N) is 1. The number of carbonyl (C=O) groups excluding carboxylic acids is 2. The van der Waals surface area contributed by atoms with E-state index >= 15 is 0 Å². The molecule has 1 aromatic carbocycles. The maximum Gasteiger partial charge on any atom is 0.410 e.